The maximum Gasteiger partial charge on any atom is 0.240 e. The summed E-state index contributed by atoms with van der Waals surface area (Å²) in [5.41, 5.74) is 1.08. The van der Waals surface area contributed by atoms with Crippen molar-refractivity contribution in [3.05, 3.63) is 48.5 Å². The minimum absolute atomic E-state index is 0.0569. The van der Waals surface area contributed by atoms with Crippen LogP contribution in [0, 0.1) is 5.92 Å². The fraction of sp³-hybridized carbons (Fsp3) is 0.400. The van der Waals surface area contributed by atoms with Gasteiger partial charge >= 0.3 is 0 Å². The van der Waals surface area contributed by atoms with E-state index in [0.29, 0.717) is 0 Å². The van der Waals surface area contributed by atoms with Gasteiger partial charge in [0.25, 0.3) is 0 Å². The van der Waals surface area contributed by atoms with Crippen molar-refractivity contribution in [3.63, 3.8) is 0 Å². The standard InChI is InChI=1S/C15H18N4O2/c20-13-6-12(7-13)15(11-4-2-1-3-5-11)18-14(21)8-19-9-16-17-10-19/h1-5,9-10,12-13,15,20H,6-8H2,(H,18,21). The second kappa shape index (κ2) is 6.05. The highest BCUT2D eigenvalue weighted by atomic mass is 16.3. The van der Waals surface area contributed by atoms with Crippen LogP contribution in [0.15, 0.2) is 43.0 Å². The molecule has 0 aliphatic heterocycles. The number of aliphatic hydroxyl groups is 1. The van der Waals surface area contributed by atoms with E-state index in [1.54, 1.807) is 4.57 Å². The Morgan fingerprint density at radius 2 is 1.95 bits per heavy atom. The molecule has 1 aliphatic rings. The van der Waals surface area contributed by atoms with Crippen LogP contribution in [0.5, 0.6) is 0 Å². The smallest absolute Gasteiger partial charge is 0.240 e. The van der Waals surface area contributed by atoms with Gasteiger partial charge < -0.3 is 15.0 Å². The van der Waals surface area contributed by atoms with Gasteiger partial charge in [-0.05, 0) is 24.3 Å². The van der Waals surface area contributed by atoms with Crippen molar-refractivity contribution in [2.75, 3.05) is 0 Å². The Morgan fingerprint density at radius 3 is 2.57 bits per heavy atom. The first-order valence-corrected chi connectivity index (χ1v) is 7.07. The maximum atomic E-state index is 12.2. The van der Waals surface area contributed by atoms with Crippen LogP contribution in [0.3, 0.4) is 0 Å². The fourth-order valence-corrected chi connectivity index (χ4v) is 2.72. The third kappa shape index (κ3) is 3.28. The van der Waals surface area contributed by atoms with E-state index in [9.17, 15) is 9.90 Å². The van der Waals surface area contributed by atoms with Gasteiger partial charge in [0.1, 0.15) is 19.2 Å². The van der Waals surface area contributed by atoms with Gasteiger partial charge in [0.2, 0.25) is 5.91 Å². The molecular formula is C15H18N4O2. The third-order valence-electron chi connectivity index (χ3n) is 3.89. The zero-order valence-electron chi connectivity index (χ0n) is 11.6. The summed E-state index contributed by atoms with van der Waals surface area (Å²) in [7, 11) is 0. The van der Waals surface area contributed by atoms with Crippen molar-refractivity contribution < 1.29 is 9.90 Å². The number of benzene rings is 1. The molecule has 1 amide bonds. The van der Waals surface area contributed by atoms with Crippen LogP contribution < -0.4 is 5.32 Å². The lowest BCUT2D eigenvalue weighted by atomic mass is 9.75. The molecule has 1 heterocycles. The van der Waals surface area contributed by atoms with Gasteiger partial charge in [-0.25, -0.2) is 0 Å². The zero-order chi connectivity index (χ0) is 14.7. The predicted octanol–water partition coefficient (Wildman–Crippen LogP) is 0.906. The second-order valence-corrected chi connectivity index (χ2v) is 5.48. The summed E-state index contributed by atoms with van der Waals surface area (Å²) in [6.07, 6.45) is 4.25. The van der Waals surface area contributed by atoms with Crippen molar-refractivity contribution in [2.45, 2.75) is 31.5 Å². The highest BCUT2D eigenvalue weighted by Crippen LogP contribution is 2.37. The Labute approximate surface area is 122 Å². The number of nitrogens with zero attached hydrogens (tertiary/aromatic N) is 3. The zero-order valence-corrected chi connectivity index (χ0v) is 11.6. The number of rotatable bonds is 5. The molecule has 1 atom stereocenters. The van der Waals surface area contributed by atoms with Crippen LogP contribution in [0.4, 0.5) is 0 Å². The molecule has 0 saturated heterocycles. The number of hydrogen-bond donors (Lipinski definition) is 2. The predicted molar refractivity (Wildman–Crippen MR) is 76.1 cm³/mol. The Kier molecular flexibility index (Phi) is 3.96. The topological polar surface area (TPSA) is 80.0 Å². The Balaban J connectivity index is 1.69. The van der Waals surface area contributed by atoms with E-state index in [1.807, 2.05) is 30.3 Å². The lowest BCUT2D eigenvalue weighted by Gasteiger charge is -2.38. The normalized spacial score (nSPS) is 22.3. The van der Waals surface area contributed by atoms with E-state index in [1.165, 1.54) is 12.7 Å². The van der Waals surface area contributed by atoms with Gasteiger partial charge in [0, 0.05) is 0 Å². The summed E-state index contributed by atoms with van der Waals surface area (Å²) in [6.45, 7) is 0.200. The molecule has 1 fully saturated rings. The number of carbonyl (C=O) groups is 1. The number of aromatic nitrogens is 3. The van der Waals surface area contributed by atoms with Crippen LogP contribution in [0.1, 0.15) is 24.4 Å². The molecule has 1 aromatic heterocycles. The third-order valence-corrected chi connectivity index (χ3v) is 3.89. The summed E-state index contributed by atoms with van der Waals surface area (Å²) < 4.78 is 1.63. The quantitative estimate of drug-likeness (QED) is 0.856. The highest BCUT2D eigenvalue weighted by Gasteiger charge is 2.35. The molecule has 6 nitrogen and oxygen atoms in total. The molecule has 110 valence electrons. The molecule has 1 unspecified atom stereocenters. The monoisotopic (exact) mass is 286 g/mol. The van der Waals surface area contributed by atoms with Gasteiger partial charge in [-0.3, -0.25) is 4.79 Å². The van der Waals surface area contributed by atoms with E-state index in [4.69, 9.17) is 0 Å². The van der Waals surface area contributed by atoms with Gasteiger partial charge in [-0.2, -0.15) is 0 Å². The summed E-state index contributed by atoms with van der Waals surface area (Å²) in [6, 6.07) is 9.84. The second-order valence-electron chi connectivity index (χ2n) is 5.48. The van der Waals surface area contributed by atoms with E-state index in [0.717, 1.165) is 18.4 Å². The molecule has 3 rings (SSSR count). The fourth-order valence-electron chi connectivity index (χ4n) is 2.72. The molecular weight excluding hydrogens is 268 g/mol. The largest absolute Gasteiger partial charge is 0.393 e. The van der Waals surface area contributed by atoms with Crippen LogP contribution in [-0.4, -0.2) is 31.9 Å². The lowest BCUT2D eigenvalue weighted by Crippen LogP contribution is -2.42. The van der Waals surface area contributed by atoms with Crippen LogP contribution in [0.25, 0.3) is 0 Å². The Bertz CT molecular complexity index is 579. The first-order chi connectivity index (χ1) is 10.2. The van der Waals surface area contributed by atoms with Crippen LogP contribution in [0.2, 0.25) is 0 Å². The van der Waals surface area contributed by atoms with Gasteiger partial charge in [0.05, 0.1) is 12.1 Å². The molecule has 0 spiro atoms. The average molecular weight is 286 g/mol. The molecule has 0 bridgehead atoms. The molecule has 1 saturated carbocycles. The Morgan fingerprint density at radius 1 is 1.29 bits per heavy atom. The number of carbonyl (C=O) groups excluding carboxylic acids is 1. The lowest BCUT2D eigenvalue weighted by molar-refractivity contribution is -0.123. The highest BCUT2D eigenvalue weighted by molar-refractivity contribution is 5.76. The van der Waals surface area contributed by atoms with E-state index in [-0.39, 0.29) is 30.5 Å². The van der Waals surface area contributed by atoms with Crippen LogP contribution >= 0.6 is 0 Å². The van der Waals surface area contributed by atoms with E-state index in [2.05, 4.69) is 15.5 Å². The molecule has 2 N–H and O–H groups in total. The molecule has 6 heteroatoms. The summed E-state index contributed by atoms with van der Waals surface area (Å²) in [5, 5.41) is 20.0. The van der Waals surface area contributed by atoms with Crippen molar-refractivity contribution >= 4 is 5.91 Å². The SMILES string of the molecule is O=C(Cn1cnnc1)NC(c1ccccc1)C1CC(O)C1. The van der Waals surface area contributed by atoms with Crippen molar-refractivity contribution in [1.29, 1.82) is 0 Å². The average Bonchev–Trinajstić information content (AvgIpc) is 2.95. The molecule has 21 heavy (non-hydrogen) atoms. The summed E-state index contributed by atoms with van der Waals surface area (Å²) in [5.74, 6) is 0.206. The molecule has 0 radical (unpaired) electrons. The maximum absolute atomic E-state index is 12.2. The van der Waals surface area contributed by atoms with Crippen molar-refractivity contribution in [3.8, 4) is 0 Å². The van der Waals surface area contributed by atoms with Gasteiger partial charge in [-0.15, -0.1) is 10.2 Å². The van der Waals surface area contributed by atoms with Gasteiger partial charge in [0.15, 0.2) is 0 Å². The first-order valence-electron chi connectivity index (χ1n) is 7.07. The Hall–Kier alpha value is -2.21. The minimum Gasteiger partial charge on any atom is -0.393 e. The van der Waals surface area contributed by atoms with Crippen LogP contribution in [-0.2, 0) is 11.3 Å². The number of hydrogen-bond acceptors (Lipinski definition) is 4. The molecule has 1 aliphatic carbocycles. The van der Waals surface area contributed by atoms with Crippen molar-refractivity contribution in [2.24, 2.45) is 5.92 Å². The first kappa shape index (κ1) is 13.8. The molecule has 1 aromatic carbocycles. The summed E-state index contributed by atoms with van der Waals surface area (Å²) in [4.78, 5) is 12.2. The number of aliphatic hydroxyl groups excluding tert-OH is 1. The van der Waals surface area contributed by atoms with E-state index < -0.39 is 0 Å². The number of amides is 1. The number of nitrogens with one attached hydrogen (secondary N) is 1. The van der Waals surface area contributed by atoms with E-state index >= 15 is 0 Å². The van der Waals surface area contributed by atoms with Crippen molar-refractivity contribution in [1.82, 2.24) is 20.1 Å². The minimum atomic E-state index is -0.240. The van der Waals surface area contributed by atoms with Gasteiger partial charge in [-0.1, -0.05) is 30.3 Å². The summed E-state index contributed by atoms with van der Waals surface area (Å²) >= 11 is 0. The molecule has 2 aromatic rings.